The van der Waals surface area contributed by atoms with Crippen molar-refractivity contribution < 1.29 is 14.0 Å². The number of carbonyl (C=O) groups excluding carboxylic acids is 2. The summed E-state index contributed by atoms with van der Waals surface area (Å²) in [5.41, 5.74) is 2.54. The highest BCUT2D eigenvalue weighted by Crippen LogP contribution is 2.30. The van der Waals surface area contributed by atoms with E-state index in [0.717, 1.165) is 21.9 Å². The van der Waals surface area contributed by atoms with Crippen LogP contribution in [0.4, 0.5) is 21.7 Å². The minimum atomic E-state index is -0.794. The second-order valence-electron chi connectivity index (χ2n) is 9.08. The van der Waals surface area contributed by atoms with Crippen molar-refractivity contribution in [3.63, 3.8) is 0 Å². The Labute approximate surface area is 228 Å². The number of hydrogen-bond donors (Lipinski definition) is 2. The van der Waals surface area contributed by atoms with Gasteiger partial charge in [0.25, 0.3) is 11.8 Å². The fourth-order valence-electron chi connectivity index (χ4n) is 4.61. The maximum atomic E-state index is 15.2. The summed E-state index contributed by atoms with van der Waals surface area (Å²) in [6.07, 6.45) is 3.26. The van der Waals surface area contributed by atoms with Crippen molar-refractivity contribution in [2.45, 2.75) is 6.04 Å². The molecule has 2 aromatic carbocycles. The molecule has 0 bridgehead atoms. The maximum absolute atomic E-state index is 15.2. The molecule has 1 aliphatic heterocycles. The molecule has 0 radical (unpaired) electrons. The standard InChI is InChI=1S/C30H20FN7O2/c31-23-15-19(16-32)27(35-20-10-11-24-18(14-20)6-5-13-33-24)37-28(23)36-26(25-9-3-4-12-34-25)17-38-29(39)21-7-1-2-8-22(21)30(38)40/h1-15,26H,17H2,(H2,35,36,37)/t26-/m0/s1. The molecule has 194 valence electrons. The summed E-state index contributed by atoms with van der Waals surface area (Å²) in [5.74, 6) is -1.69. The first-order valence-corrected chi connectivity index (χ1v) is 12.4. The molecule has 3 aromatic heterocycles. The zero-order valence-corrected chi connectivity index (χ0v) is 20.9. The van der Waals surface area contributed by atoms with Crippen molar-refractivity contribution in [1.82, 2.24) is 19.9 Å². The lowest BCUT2D eigenvalue weighted by molar-refractivity contribution is 0.0647. The molecular formula is C30H20FN7O2. The molecule has 0 fully saturated rings. The molecule has 0 aliphatic carbocycles. The molecule has 40 heavy (non-hydrogen) atoms. The number of nitrogens with zero attached hydrogens (tertiary/aromatic N) is 5. The first-order chi connectivity index (χ1) is 19.5. The van der Waals surface area contributed by atoms with Crippen LogP contribution in [-0.2, 0) is 0 Å². The lowest BCUT2D eigenvalue weighted by atomic mass is 10.1. The second-order valence-corrected chi connectivity index (χ2v) is 9.08. The van der Waals surface area contributed by atoms with E-state index in [9.17, 15) is 14.9 Å². The van der Waals surface area contributed by atoms with Gasteiger partial charge in [0, 0.05) is 23.5 Å². The van der Waals surface area contributed by atoms with Gasteiger partial charge in [-0.2, -0.15) is 5.26 Å². The average molecular weight is 530 g/mol. The summed E-state index contributed by atoms with van der Waals surface area (Å²) in [7, 11) is 0. The van der Waals surface area contributed by atoms with E-state index in [1.807, 2.05) is 30.3 Å². The Morgan fingerprint density at radius 2 is 1.62 bits per heavy atom. The molecule has 2 N–H and O–H groups in total. The summed E-state index contributed by atoms with van der Waals surface area (Å²) in [6, 6.07) is 23.2. The van der Waals surface area contributed by atoms with E-state index in [4.69, 9.17) is 0 Å². The van der Waals surface area contributed by atoms with Crippen LogP contribution in [0.1, 0.15) is 38.0 Å². The van der Waals surface area contributed by atoms with Gasteiger partial charge in [-0.3, -0.25) is 24.5 Å². The highest BCUT2D eigenvalue weighted by molar-refractivity contribution is 6.21. The fourth-order valence-corrected chi connectivity index (χ4v) is 4.61. The molecule has 0 unspecified atom stereocenters. The predicted octanol–water partition coefficient (Wildman–Crippen LogP) is 5.23. The van der Waals surface area contributed by atoms with Crippen LogP contribution in [0.2, 0.25) is 0 Å². The Balaban J connectivity index is 1.33. The number of pyridine rings is 3. The molecule has 1 atom stereocenters. The summed E-state index contributed by atoms with van der Waals surface area (Å²) in [5, 5.41) is 16.6. The average Bonchev–Trinajstić information content (AvgIpc) is 3.23. The second kappa shape index (κ2) is 10.2. The number of nitrogens with one attached hydrogen (secondary N) is 2. The number of rotatable bonds is 7. The van der Waals surface area contributed by atoms with E-state index < -0.39 is 23.7 Å². The number of anilines is 3. The number of benzene rings is 2. The van der Waals surface area contributed by atoms with E-state index in [2.05, 4.69) is 25.6 Å². The van der Waals surface area contributed by atoms with E-state index in [-0.39, 0.29) is 23.7 Å². The summed E-state index contributed by atoms with van der Waals surface area (Å²) in [6.45, 7) is -0.120. The highest BCUT2D eigenvalue weighted by atomic mass is 19.1. The van der Waals surface area contributed by atoms with Gasteiger partial charge in [0.15, 0.2) is 17.5 Å². The third kappa shape index (κ3) is 4.56. The number of aromatic nitrogens is 3. The SMILES string of the molecule is N#Cc1cc(F)c(N[C@@H](CN2C(=O)c3ccccc3C2=O)c2ccccn2)nc1Nc1ccc2ncccc2c1. The molecule has 2 amide bonds. The molecule has 0 spiro atoms. The maximum Gasteiger partial charge on any atom is 0.261 e. The quantitative estimate of drug-likeness (QED) is 0.275. The minimum Gasteiger partial charge on any atom is -0.357 e. The van der Waals surface area contributed by atoms with E-state index in [1.54, 1.807) is 60.9 Å². The Bertz CT molecular complexity index is 1790. The molecule has 10 heteroatoms. The van der Waals surface area contributed by atoms with E-state index >= 15 is 4.39 Å². The van der Waals surface area contributed by atoms with Crippen LogP contribution in [0.15, 0.2) is 91.3 Å². The summed E-state index contributed by atoms with van der Waals surface area (Å²) in [4.78, 5) is 40.3. The monoisotopic (exact) mass is 529 g/mol. The first kappa shape index (κ1) is 24.6. The van der Waals surface area contributed by atoms with Crippen LogP contribution >= 0.6 is 0 Å². The van der Waals surface area contributed by atoms with Crippen molar-refractivity contribution in [3.05, 3.63) is 119 Å². The largest absolute Gasteiger partial charge is 0.357 e. The van der Waals surface area contributed by atoms with Crippen molar-refractivity contribution in [1.29, 1.82) is 5.26 Å². The summed E-state index contributed by atoms with van der Waals surface area (Å²) < 4.78 is 15.2. The summed E-state index contributed by atoms with van der Waals surface area (Å²) >= 11 is 0. The fraction of sp³-hybridized carbons (Fsp3) is 0.0667. The lowest BCUT2D eigenvalue weighted by Gasteiger charge is -2.24. The Morgan fingerprint density at radius 3 is 2.35 bits per heavy atom. The van der Waals surface area contributed by atoms with Gasteiger partial charge in [-0.15, -0.1) is 0 Å². The number of carbonyl (C=O) groups is 2. The minimum absolute atomic E-state index is 0.00377. The van der Waals surface area contributed by atoms with Crippen molar-refractivity contribution >= 4 is 40.0 Å². The van der Waals surface area contributed by atoms with Crippen LogP contribution in [0.5, 0.6) is 0 Å². The predicted molar refractivity (Wildman–Crippen MR) is 146 cm³/mol. The van der Waals surface area contributed by atoms with E-state index in [0.29, 0.717) is 22.5 Å². The molecule has 0 saturated carbocycles. The molecule has 4 heterocycles. The number of halogens is 1. The van der Waals surface area contributed by atoms with Gasteiger partial charge >= 0.3 is 0 Å². The molecule has 1 aliphatic rings. The highest BCUT2D eigenvalue weighted by Gasteiger charge is 2.37. The topological polar surface area (TPSA) is 124 Å². The third-order valence-corrected chi connectivity index (χ3v) is 6.56. The molecular weight excluding hydrogens is 509 g/mol. The Morgan fingerprint density at radius 1 is 0.875 bits per heavy atom. The van der Waals surface area contributed by atoms with Gasteiger partial charge in [-0.05, 0) is 54.6 Å². The molecule has 6 rings (SSSR count). The van der Waals surface area contributed by atoms with Crippen molar-refractivity contribution in [3.8, 4) is 6.07 Å². The van der Waals surface area contributed by atoms with Gasteiger partial charge < -0.3 is 10.6 Å². The molecule has 9 nitrogen and oxygen atoms in total. The van der Waals surface area contributed by atoms with E-state index in [1.165, 1.54) is 0 Å². The number of amides is 2. The first-order valence-electron chi connectivity index (χ1n) is 12.4. The zero-order valence-electron chi connectivity index (χ0n) is 20.9. The van der Waals surface area contributed by atoms with Gasteiger partial charge in [0.05, 0.1) is 40.5 Å². The number of hydrogen-bond acceptors (Lipinski definition) is 8. The number of imide groups is 1. The van der Waals surface area contributed by atoms with Gasteiger partial charge in [0.2, 0.25) is 0 Å². The lowest BCUT2D eigenvalue weighted by Crippen LogP contribution is -2.36. The Kier molecular flexibility index (Phi) is 6.30. The zero-order chi connectivity index (χ0) is 27.6. The van der Waals surface area contributed by atoms with Gasteiger partial charge in [-0.25, -0.2) is 9.37 Å². The van der Waals surface area contributed by atoms with Crippen molar-refractivity contribution in [2.24, 2.45) is 0 Å². The number of fused-ring (bicyclic) bond motifs is 2. The van der Waals surface area contributed by atoms with Crippen LogP contribution in [0.25, 0.3) is 10.9 Å². The Hall–Kier alpha value is -5.69. The molecule has 0 saturated heterocycles. The van der Waals surface area contributed by atoms with Gasteiger partial charge in [-0.1, -0.05) is 24.3 Å². The van der Waals surface area contributed by atoms with Gasteiger partial charge in [0.1, 0.15) is 6.07 Å². The van der Waals surface area contributed by atoms with Crippen LogP contribution in [0, 0.1) is 17.1 Å². The smallest absolute Gasteiger partial charge is 0.261 e. The van der Waals surface area contributed by atoms with Crippen LogP contribution < -0.4 is 10.6 Å². The van der Waals surface area contributed by atoms with Crippen LogP contribution in [-0.4, -0.2) is 38.2 Å². The molecule has 5 aromatic rings. The normalized spacial score (nSPS) is 13.2. The number of nitriles is 1. The van der Waals surface area contributed by atoms with Crippen LogP contribution in [0.3, 0.4) is 0 Å². The third-order valence-electron chi connectivity index (χ3n) is 6.56. The van der Waals surface area contributed by atoms with Crippen molar-refractivity contribution in [2.75, 3.05) is 17.2 Å².